The highest BCUT2D eigenvalue weighted by atomic mass is 16.5. The number of hydrogen-bond acceptors (Lipinski definition) is 4. The maximum absolute atomic E-state index is 11.8. The Hall–Kier alpha value is -3.58. The van der Waals surface area contributed by atoms with Crippen molar-refractivity contribution < 1.29 is 13.9 Å². The summed E-state index contributed by atoms with van der Waals surface area (Å²) in [5, 5.41) is 8.81. The number of hydrogen-bond donors (Lipinski definition) is 0. The summed E-state index contributed by atoms with van der Waals surface area (Å²) in [5.74, 6) is 0.571. The van der Waals surface area contributed by atoms with Gasteiger partial charge >= 0.3 is 5.97 Å². The number of benzene rings is 2. The molecule has 0 aliphatic rings. The van der Waals surface area contributed by atoms with E-state index in [1.807, 2.05) is 24.3 Å². The van der Waals surface area contributed by atoms with Crippen LogP contribution in [-0.2, 0) is 4.79 Å². The van der Waals surface area contributed by atoms with Gasteiger partial charge in [-0.05, 0) is 53.6 Å². The van der Waals surface area contributed by atoms with E-state index in [9.17, 15) is 4.79 Å². The minimum atomic E-state index is -0.475. The largest absolute Gasteiger partial charge is 0.465 e. The second-order valence-electron chi connectivity index (χ2n) is 4.98. The van der Waals surface area contributed by atoms with E-state index in [4.69, 9.17) is 14.4 Å². The Labute approximate surface area is 139 Å². The SMILES string of the molecule is N#Cc1ccc(-c2ccc(OC(=O)C=Cc3ccco3)cc2)cc1. The minimum Gasteiger partial charge on any atom is -0.465 e. The van der Waals surface area contributed by atoms with Gasteiger partial charge in [0.1, 0.15) is 11.5 Å². The number of nitriles is 1. The molecule has 0 unspecified atom stereocenters. The highest BCUT2D eigenvalue weighted by molar-refractivity contribution is 5.88. The van der Waals surface area contributed by atoms with Gasteiger partial charge in [0, 0.05) is 6.08 Å². The Morgan fingerprint density at radius 2 is 1.67 bits per heavy atom. The van der Waals surface area contributed by atoms with Gasteiger partial charge in [0.2, 0.25) is 0 Å². The van der Waals surface area contributed by atoms with Gasteiger partial charge in [0.15, 0.2) is 0 Å². The maximum Gasteiger partial charge on any atom is 0.336 e. The van der Waals surface area contributed by atoms with Gasteiger partial charge in [-0.3, -0.25) is 0 Å². The molecular formula is C20H13NO3. The number of nitrogens with zero attached hydrogens (tertiary/aromatic N) is 1. The van der Waals surface area contributed by atoms with Crippen molar-refractivity contribution >= 4 is 12.0 Å². The van der Waals surface area contributed by atoms with Crippen LogP contribution in [0.1, 0.15) is 11.3 Å². The molecule has 0 fully saturated rings. The normalized spacial score (nSPS) is 10.5. The van der Waals surface area contributed by atoms with E-state index < -0.39 is 5.97 Å². The fraction of sp³-hybridized carbons (Fsp3) is 0. The second-order valence-corrected chi connectivity index (χ2v) is 4.98. The van der Waals surface area contributed by atoms with Crippen LogP contribution in [0.25, 0.3) is 17.2 Å². The number of carbonyl (C=O) groups excluding carboxylic acids is 1. The molecular weight excluding hydrogens is 302 g/mol. The molecule has 0 atom stereocenters. The third kappa shape index (κ3) is 3.79. The van der Waals surface area contributed by atoms with Crippen molar-refractivity contribution in [1.82, 2.24) is 0 Å². The minimum absolute atomic E-state index is 0.460. The van der Waals surface area contributed by atoms with Gasteiger partial charge in [0.25, 0.3) is 0 Å². The molecule has 0 aliphatic carbocycles. The first kappa shape index (κ1) is 15.3. The summed E-state index contributed by atoms with van der Waals surface area (Å²) in [4.78, 5) is 11.8. The predicted molar refractivity (Wildman–Crippen MR) is 90.0 cm³/mol. The number of rotatable bonds is 4. The van der Waals surface area contributed by atoms with E-state index in [2.05, 4.69) is 6.07 Å². The molecule has 0 amide bonds. The van der Waals surface area contributed by atoms with E-state index in [0.717, 1.165) is 11.1 Å². The molecule has 0 spiro atoms. The number of furan rings is 1. The predicted octanol–water partition coefficient (Wildman–Crippen LogP) is 4.44. The standard InChI is InChI=1S/C20H13NO3/c21-14-15-3-5-16(6-4-15)17-7-9-19(10-8-17)24-20(22)12-11-18-2-1-13-23-18/h1-13H. The van der Waals surface area contributed by atoms with Gasteiger partial charge in [-0.25, -0.2) is 4.79 Å². The zero-order valence-corrected chi connectivity index (χ0v) is 12.7. The van der Waals surface area contributed by atoms with Crippen molar-refractivity contribution in [3.63, 3.8) is 0 Å². The maximum atomic E-state index is 11.8. The molecule has 0 radical (unpaired) electrons. The molecule has 4 heteroatoms. The first-order valence-electron chi connectivity index (χ1n) is 7.28. The molecule has 3 aromatic rings. The lowest BCUT2D eigenvalue weighted by atomic mass is 10.0. The first-order valence-corrected chi connectivity index (χ1v) is 7.28. The summed E-state index contributed by atoms with van der Waals surface area (Å²) in [6, 6.07) is 20.1. The summed E-state index contributed by atoms with van der Waals surface area (Å²) >= 11 is 0. The molecule has 24 heavy (non-hydrogen) atoms. The van der Waals surface area contributed by atoms with Gasteiger partial charge in [-0.1, -0.05) is 24.3 Å². The van der Waals surface area contributed by atoms with E-state index in [1.54, 1.807) is 42.5 Å². The smallest absolute Gasteiger partial charge is 0.336 e. The quantitative estimate of drug-likeness (QED) is 0.406. The fourth-order valence-corrected chi connectivity index (χ4v) is 2.14. The Balaban J connectivity index is 1.65. The van der Waals surface area contributed by atoms with Crippen LogP contribution >= 0.6 is 0 Å². The monoisotopic (exact) mass is 315 g/mol. The molecule has 1 heterocycles. The molecule has 0 saturated carbocycles. The Morgan fingerprint density at radius 1 is 1.00 bits per heavy atom. The average molecular weight is 315 g/mol. The molecule has 4 nitrogen and oxygen atoms in total. The lowest BCUT2D eigenvalue weighted by Crippen LogP contribution is -2.03. The zero-order valence-electron chi connectivity index (χ0n) is 12.7. The highest BCUT2D eigenvalue weighted by Gasteiger charge is 2.03. The van der Waals surface area contributed by atoms with E-state index in [0.29, 0.717) is 17.1 Å². The van der Waals surface area contributed by atoms with Gasteiger partial charge in [-0.2, -0.15) is 5.26 Å². The van der Waals surface area contributed by atoms with Crippen molar-refractivity contribution in [3.05, 3.63) is 84.3 Å². The summed E-state index contributed by atoms with van der Waals surface area (Å²) in [6.07, 6.45) is 4.40. The van der Waals surface area contributed by atoms with Crippen LogP contribution < -0.4 is 4.74 Å². The van der Waals surface area contributed by atoms with Crippen molar-refractivity contribution in [2.75, 3.05) is 0 Å². The highest BCUT2D eigenvalue weighted by Crippen LogP contribution is 2.23. The third-order valence-corrected chi connectivity index (χ3v) is 3.35. The van der Waals surface area contributed by atoms with Crippen molar-refractivity contribution in [1.29, 1.82) is 5.26 Å². The molecule has 0 N–H and O–H groups in total. The number of ether oxygens (including phenoxy) is 1. The number of carbonyl (C=O) groups is 1. The molecule has 0 saturated heterocycles. The molecule has 0 bridgehead atoms. The molecule has 1 aromatic heterocycles. The summed E-state index contributed by atoms with van der Waals surface area (Å²) in [6.45, 7) is 0. The summed E-state index contributed by atoms with van der Waals surface area (Å²) < 4.78 is 10.3. The van der Waals surface area contributed by atoms with Gasteiger partial charge in [0.05, 0.1) is 17.9 Å². The lowest BCUT2D eigenvalue weighted by molar-refractivity contribution is -0.128. The van der Waals surface area contributed by atoms with E-state index in [1.165, 1.54) is 12.3 Å². The third-order valence-electron chi connectivity index (χ3n) is 3.35. The molecule has 0 aliphatic heterocycles. The van der Waals surface area contributed by atoms with Crippen LogP contribution in [0.5, 0.6) is 5.75 Å². The first-order chi connectivity index (χ1) is 11.7. The zero-order chi connectivity index (χ0) is 16.8. The molecule has 3 rings (SSSR count). The van der Waals surface area contributed by atoms with E-state index in [-0.39, 0.29) is 0 Å². The molecule has 2 aromatic carbocycles. The van der Waals surface area contributed by atoms with Crippen LogP contribution in [0, 0.1) is 11.3 Å². The average Bonchev–Trinajstić information content (AvgIpc) is 3.14. The van der Waals surface area contributed by atoms with Gasteiger partial charge in [-0.15, -0.1) is 0 Å². The Bertz CT molecular complexity index is 884. The van der Waals surface area contributed by atoms with E-state index >= 15 is 0 Å². The topological polar surface area (TPSA) is 63.2 Å². The van der Waals surface area contributed by atoms with Crippen LogP contribution in [-0.4, -0.2) is 5.97 Å². The Morgan fingerprint density at radius 3 is 2.25 bits per heavy atom. The summed E-state index contributed by atoms with van der Waals surface area (Å²) in [7, 11) is 0. The van der Waals surface area contributed by atoms with Gasteiger partial charge < -0.3 is 9.15 Å². The second kappa shape index (κ2) is 7.12. The van der Waals surface area contributed by atoms with Crippen molar-refractivity contribution in [2.24, 2.45) is 0 Å². The Kier molecular flexibility index (Phi) is 4.55. The van der Waals surface area contributed by atoms with Crippen molar-refractivity contribution in [2.45, 2.75) is 0 Å². The van der Waals surface area contributed by atoms with Crippen LogP contribution in [0.3, 0.4) is 0 Å². The molecule has 116 valence electrons. The van der Waals surface area contributed by atoms with Crippen LogP contribution in [0.2, 0.25) is 0 Å². The van der Waals surface area contributed by atoms with Crippen LogP contribution in [0.4, 0.5) is 0 Å². The lowest BCUT2D eigenvalue weighted by Gasteiger charge is -2.04. The summed E-state index contributed by atoms with van der Waals surface area (Å²) in [5.41, 5.74) is 2.59. The number of esters is 1. The fourth-order valence-electron chi connectivity index (χ4n) is 2.14. The van der Waals surface area contributed by atoms with Crippen LogP contribution in [0.15, 0.2) is 77.4 Å². The van der Waals surface area contributed by atoms with Crippen molar-refractivity contribution in [3.8, 4) is 22.9 Å².